The van der Waals surface area contributed by atoms with E-state index in [4.69, 9.17) is 10.5 Å². The average Bonchev–Trinajstić information content (AvgIpc) is 2.39. The predicted octanol–water partition coefficient (Wildman–Crippen LogP) is 2.77. The predicted molar refractivity (Wildman–Crippen MR) is 79.5 cm³/mol. The molecule has 0 amide bonds. The first-order valence-corrected chi connectivity index (χ1v) is 7.28. The largest absolute Gasteiger partial charge is 0.380 e. The van der Waals surface area contributed by atoms with Gasteiger partial charge in [0.15, 0.2) is 0 Å². The Kier molecular flexibility index (Phi) is 7.51. The standard InChI is InChI=1S/C14H23BrN2O/c1-3-17(7-8-18-4-2)11-13-6-5-12(10-16)9-14(13)15/h5-6,9H,3-4,7-8,10-11,16H2,1-2H3. The van der Waals surface area contributed by atoms with E-state index < -0.39 is 0 Å². The second-order valence-electron chi connectivity index (χ2n) is 4.20. The van der Waals surface area contributed by atoms with Crippen LogP contribution in [0.4, 0.5) is 0 Å². The lowest BCUT2D eigenvalue weighted by molar-refractivity contribution is 0.113. The molecule has 0 saturated heterocycles. The number of halogens is 1. The second kappa shape index (κ2) is 8.64. The highest BCUT2D eigenvalue weighted by molar-refractivity contribution is 9.10. The molecule has 0 aliphatic heterocycles. The SMILES string of the molecule is CCOCCN(CC)Cc1ccc(CN)cc1Br. The van der Waals surface area contributed by atoms with Crippen LogP contribution in [0.15, 0.2) is 22.7 Å². The first-order valence-electron chi connectivity index (χ1n) is 6.48. The molecule has 0 aromatic heterocycles. The molecule has 1 aromatic rings. The molecule has 3 nitrogen and oxygen atoms in total. The van der Waals surface area contributed by atoms with Crippen molar-refractivity contribution in [2.75, 3.05) is 26.3 Å². The summed E-state index contributed by atoms with van der Waals surface area (Å²) >= 11 is 3.61. The Morgan fingerprint density at radius 1 is 1.33 bits per heavy atom. The van der Waals surface area contributed by atoms with Crippen LogP contribution in [0.2, 0.25) is 0 Å². The molecular weight excluding hydrogens is 292 g/mol. The number of nitrogens with zero attached hydrogens (tertiary/aromatic N) is 1. The summed E-state index contributed by atoms with van der Waals surface area (Å²) in [5, 5.41) is 0. The van der Waals surface area contributed by atoms with Gasteiger partial charge >= 0.3 is 0 Å². The van der Waals surface area contributed by atoms with Gasteiger partial charge in [-0.3, -0.25) is 4.90 Å². The summed E-state index contributed by atoms with van der Waals surface area (Å²) in [5.74, 6) is 0. The van der Waals surface area contributed by atoms with Gasteiger partial charge in [-0.1, -0.05) is 35.0 Å². The monoisotopic (exact) mass is 314 g/mol. The molecule has 102 valence electrons. The summed E-state index contributed by atoms with van der Waals surface area (Å²) in [6.45, 7) is 9.30. The Labute approximate surface area is 118 Å². The van der Waals surface area contributed by atoms with Crippen LogP contribution in [0, 0.1) is 0 Å². The fourth-order valence-electron chi connectivity index (χ4n) is 1.77. The first kappa shape index (κ1) is 15.6. The van der Waals surface area contributed by atoms with Crippen LogP contribution >= 0.6 is 15.9 Å². The van der Waals surface area contributed by atoms with Crippen LogP contribution < -0.4 is 5.73 Å². The third-order valence-electron chi connectivity index (χ3n) is 2.95. The maximum Gasteiger partial charge on any atom is 0.0593 e. The summed E-state index contributed by atoms with van der Waals surface area (Å²) in [6.07, 6.45) is 0. The van der Waals surface area contributed by atoms with Crippen LogP contribution in [-0.2, 0) is 17.8 Å². The fourth-order valence-corrected chi connectivity index (χ4v) is 2.33. The van der Waals surface area contributed by atoms with Gasteiger partial charge in [-0.05, 0) is 30.7 Å². The average molecular weight is 315 g/mol. The van der Waals surface area contributed by atoms with Gasteiger partial charge in [-0.2, -0.15) is 0 Å². The smallest absolute Gasteiger partial charge is 0.0593 e. The third kappa shape index (κ3) is 5.06. The van der Waals surface area contributed by atoms with Crippen LogP contribution in [0.1, 0.15) is 25.0 Å². The minimum absolute atomic E-state index is 0.584. The van der Waals surface area contributed by atoms with Crippen LogP contribution in [0.25, 0.3) is 0 Å². The van der Waals surface area contributed by atoms with E-state index in [-0.39, 0.29) is 0 Å². The van der Waals surface area contributed by atoms with Gasteiger partial charge in [0, 0.05) is 30.7 Å². The van der Waals surface area contributed by atoms with Crippen molar-refractivity contribution in [3.63, 3.8) is 0 Å². The summed E-state index contributed by atoms with van der Waals surface area (Å²) < 4.78 is 6.54. The third-order valence-corrected chi connectivity index (χ3v) is 3.69. The number of benzene rings is 1. The number of likely N-dealkylation sites (N-methyl/N-ethyl adjacent to an activating group) is 1. The van der Waals surface area contributed by atoms with Crippen molar-refractivity contribution in [2.45, 2.75) is 26.9 Å². The maximum absolute atomic E-state index is 5.63. The summed E-state index contributed by atoms with van der Waals surface area (Å²) in [4.78, 5) is 2.37. The number of nitrogens with two attached hydrogens (primary N) is 1. The summed E-state index contributed by atoms with van der Waals surface area (Å²) in [5.41, 5.74) is 8.08. The molecule has 4 heteroatoms. The second-order valence-corrected chi connectivity index (χ2v) is 5.05. The zero-order chi connectivity index (χ0) is 13.4. The van der Waals surface area contributed by atoms with E-state index >= 15 is 0 Å². The van der Waals surface area contributed by atoms with Crippen molar-refractivity contribution in [3.8, 4) is 0 Å². The zero-order valence-electron chi connectivity index (χ0n) is 11.3. The van der Waals surface area contributed by atoms with E-state index in [0.717, 1.165) is 42.9 Å². The lowest BCUT2D eigenvalue weighted by Crippen LogP contribution is -2.27. The maximum atomic E-state index is 5.63. The van der Waals surface area contributed by atoms with E-state index in [1.807, 2.05) is 6.92 Å². The first-order chi connectivity index (χ1) is 8.71. The number of hydrogen-bond acceptors (Lipinski definition) is 3. The summed E-state index contributed by atoms with van der Waals surface area (Å²) in [6, 6.07) is 6.35. The lowest BCUT2D eigenvalue weighted by atomic mass is 10.1. The molecule has 0 bridgehead atoms. The van der Waals surface area contributed by atoms with Crippen molar-refractivity contribution in [2.24, 2.45) is 5.73 Å². The molecule has 0 aliphatic rings. The molecule has 0 heterocycles. The Bertz CT molecular complexity index is 358. The van der Waals surface area contributed by atoms with Gasteiger partial charge in [0.05, 0.1) is 6.61 Å². The molecule has 0 spiro atoms. The van der Waals surface area contributed by atoms with Crippen molar-refractivity contribution in [1.29, 1.82) is 0 Å². The highest BCUT2D eigenvalue weighted by Gasteiger charge is 2.07. The van der Waals surface area contributed by atoms with E-state index in [1.165, 1.54) is 5.56 Å². The van der Waals surface area contributed by atoms with Gasteiger partial charge in [0.2, 0.25) is 0 Å². The molecular formula is C14H23BrN2O. The molecule has 0 aliphatic carbocycles. The molecule has 1 aromatic carbocycles. The molecule has 18 heavy (non-hydrogen) atoms. The number of ether oxygens (including phenoxy) is 1. The normalized spacial score (nSPS) is 11.2. The Morgan fingerprint density at radius 3 is 2.67 bits per heavy atom. The summed E-state index contributed by atoms with van der Waals surface area (Å²) in [7, 11) is 0. The van der Waals surface area contributed by atoms with Gasteiger partial charge in [-0.25, -0.2) is 0 Å². The molecule has 0 radical (unpaired) electrons. The molecule has 0 atom stereocenters. The molecule has 2 N–H and O–H groups in total. The Morgan fingerprint density at radius 2 is 2.11 bits per heavy atom. The Balaban J connectivity index is 2.58. The van der Waals surface area contributed by atoms with Crippen molar-refractivity contribution in [1.82, 2.24) is 4.90 Å². The van der Waals surface area contributed by atoms with E-state index in [1.54, 1.807) is 0 Å². The van der Waals surface area contributed by atoms with E-state index in [2.05, 4.69) is 46.0 Å². The van der Waals surface area contributed by atoms with Crippen molar-refractivity contribution >= 4 is 15.9 Å². The van der Waals surface area contributed by atoms with Crippen LogP contribution in [-0.4, -0.2) is 31.2 Å². The molecule has 0 unspecified atom stereocenters. The number of rotatable bonds is 8. The molecule has 0 fully saturated rings. The fraction of sp³-hybridized carbons (Fsp3) is 0.571. The highest BCUT2D eigenvalue weighted by atomic mass is 79.9. The highest BCUT2D eigenvalue weighted by Crippen LogP contribution is 2.20. The topological polar surface area (TPSA) is 38.5 Å². The lowest BCUT2D eigenvalue weighted by Gasteiger charge is -2.21. The van der Waals surface area contributed by atoms with Gasteiger partial charge < -0.3 is 10.5 Å². The number of hydrogen-bond donors (Lipinski definition) is 1. The van der Waals surface area contributed by atoms with Crippen molar-refractivity contribution in [3.05, 3.63) is 33.8 Å². The van der Waals surface area contributed by atoms with Crippen LogP contribution in [0.3, 0.4) is 0 Å². The minimum atomic E-state index is 0.584. The van der Waals surface area contributed by atoms with Crippen molar-refractivity contribution < 1.29 is 4.74 Å². The van der Waals surface area contributed by atoms with Gasteiger partial charge in [-0.15, -0.1) is 0 Å². The van der Waals surface area contributed by atoms with Crippen LogP contribution in [0.5, 0.6) is 0 Å². The van der Waals surface area contributed by atoms with E-state index in [0.29, 0.717) is 6.54 Å². The Hall–Kier alpha value is -0.420. The van der Waals surface area contributed by atoms with Gasteiger partial charge in [0.25, 0.3) is 0 Å². The quantitative estimate of drug-likeness (QED) is 0.750. The van der Waals surface area contributed by atoms with Gasteiger partial charge in [0.1, 0.15) is 0 Å². The minimum Gasteiger partial charge on any atom is -0.380 e. The molecule has 0 saturated carbocycles. The van der Waals surface area contributed by atoms with E-state index in [9.17, 15) is 0 Å². The zero-order valence-corrected chi connectivity index (χ0v) is 12.9. The molecule has 1 rings (SSSR count).